The van der Waals surface area contributed by atoms with Gasteiger partial charge in [0, 0.05) is 12.4 Å². The number of aromatic nitrogens is 2. The Kier molecular flexibility index (Phi) is 6.88. The third-order valence-electron chi connectivity index (χ3n) is 5.13. The Morgan fingerprint density at radius 1 is 0.882 bits per heavy atom. The Hall–Kier alpha value is -4.59. The van der Waals surface area contributed by atoms with E-state index in [1.807, 2.05) is 37.3 Å². The molecule has 4 aromatic rings. The van der Waals surface area contributed by atoms with Gasteiger partial charge in [-0.05, 0) is 42.8 Å². The smallest absolute Gasteiger partial charge is 0.338 e. The molecule has 1 atom stereocenters. The van der Waals surface area contributed by atoms with Crippen molar-refractivity contribution in [2.75, 3.05) is 11.9 Å². The van der Waals surface area contributed by atoms with E-state index in [0.717, 1.165) is 5.56 Å². The lowest BCUT2D eigenvalue weighted by Crippen LogP contribution is -2.28. The number of nitrogens with one attached hydrogen (secondary N) is 2. The van der Waals surface area contributed by atoms with Gasteiger partial charge in [-0.3, -0.25) is 19.6 Å². The maximum Gasteiger partial charge on any atom is 0.338 e. The minimum atomic E-state index is -0.662. The van der Waals surface area contributed by atoms with Crippen LogP contribution in [-0.2, 0) is 9.53 Å². The fourth-order valence-corrected chi connectivity index (χ4v) is 3.38. The van der Waals surface area contributed by atoms with Gasteiger partial charge in [-0.15, -0.1) is 0 Å². The van der Waals surface area contributed by atoms with E-state index in [4.69, 9.17) is 4.74 Å². The second-order valence-corrected chi connectivity index (χ2v) is 7.54. The fourth-order valence-electron chi connectivity index (χ4n) is 3.38. The molecule has 0 saturated heterocycles. The van der Waals surface area contributed by atoms with E-state index in [1.165, 1.54) is 6.20 Å². The summed E-state index contributed by atoms with van der Waals surface area (Å²) >= 11 is 0. The van der Waals surface area contributed by atoms with Crippen LogP contribution in [0.3, 0.4) is 0 Å². The number of para-hydroxylation sites is 1. The Morgan fingerprint density at radius 3 is 2.38 bits per heavy atom. The van der Waals surface area contributed by atoms with E-state index >= 15 is 0 Å². The Bertz CT molecular complexity index is 1340. The maximum atomic E-state index is 12.8. The second kappa shape index (κ2) is 10.4. The normalized spacial score (nSPS) is 11.4. The van der Waals surface area contributed by atoms with Gasteiger partial charge in [-0.25, -0.2) is 4.79 Å². The molecule has 8 nitrogen and oxygen atoms in total. The molecule has 3 aromatic carbocycles. The number of fused-ring (bicyclic) bond motifs is 1. The first-order chi connectivity index (χ1) is 16.5. The third kappa shape index (κ3) is 5.42. The number of hydrogen-bond donors (Lipinski definition) is 2. The number of anilines is 1. The zero-order valence-electron chi connectivity index (χ0n) is 18.4. The van der Waals surface area contributed by atoms with Gasteiger partial charge in [0.25, 0.3) is 11.8 Å². The number of carbonyl (C=O) groups is 3. The van der Waals surface area contributed by atoms with E-state index in [1.54, 1.807) is 48.7 Å². The minimum Gasteiger partial charge on any atom is -0.452 e. The standard InChI is InChI=1S/C26H22N4O4/c1-17(18-7-3-2-4-8-18)29-25(32)20-9-5-6-10-21(20)30-24(31)16-34-26(33)19-11-12-22-23(15-19)28-14-13-27-22/h2-15,17H,16H2,1H3,(H,29,32)(H,30,31). The van der Waals surface area contributed by atoms with Crippen molar-refractivity contribution in [3.05, 3.63) is 102 Å². The summed E-state index contributed by atoms with van der Waals surface area (Å²) < 4.78 is 5.13. The zero-order chi connectivity index (χ0) is 23.9. The van der Waals surface area contributed by atoms with Crippen LogP contribution in [0.5, 0.6) is 0 Å². The molecule has 0 aliphatic rings. The van der Waals surface area contributed by atoms with Crippen molar-refractivity contribution >= 4 is 34.5 Å². The van der Waals surface area contributed by atoms with Crippen LogP contribution in [0.2, 0.25) is 0 Å². The first-order valence-electron chi connectivity index (χ1n) is 10.6. The van der Waals surface area contributed by atoms with E-state index in [-0.39, 0.29) is 17.5 Å². The molecular formula is C26H22N4O4. The summed E-state index contributed by atoms with van der Waals surface area (Å²) in [4.78, 5) is 45.9. The molecule has 4 rings (SSSR count). The summed E-state index contributed by atoms with van der Waals surface area (Å²) in [5.41, 5.74) is 3.04. The summed E-state index contributed by atoms with van der Waals surface area (Å²) in [5.74, 6) is -1.56. The lowest BCUT2D eigenvalue weighted by molar-refractivity contribution is -0.119. The topological polar surface area (TPSA) is 110 Å². The largest absolute Gasteiger partial charge is 0.452 e. The number of hydrogen-bond acceptors (Lipinski definition) is 6. The molecule has 2 amide bonds. The van der Waals surface area contributed by atoms with E-state index in [2.05, 4.69) is 20.6 Å². The van der Waals surface area contributed by atoms with Crippen molar-refractivity contribution in [2.45, 2.75) is 13.0 Å². The third-order valence-corrected chi connectivity index (χ3v) is 5.13. The Labute approximate surface area is 196 Å². The number of rotatable bonds is 7. The monoisotopic (exact) mass is 454 g/mol. The quantitative estimate of drug-likeness (QED) is 0.410. The number of nitrogens with zero attached hydrogens (tertiary/aromatic N) is 2. The van der Waals surface area contributed by atoms with Gasteiger partial charge in [0.2, 0.25) is 0 Å². The second-order valence-electron chi connectivity index (χ2n) is 7.54. The average Bonchev–Trinajstić information content (AvgIpc) is 2.87. The molecule has 0 aliphatic heterocycles. The maximum absolute atomic E-state index is 12.8. The van der Waals surface area contributed by atoms with Crippen LogP contribution in [-0.4, -0.2) is 34.4 Å². The molecule has 2 N–H and O–H groups in total. The lowest BCUT2D eigenvalue weighted by Gasteiger charge is -2.16. The predicted octanol–water partition coefficient (Wildman–Crippen LogP) is 3.92. The van der Waals surface area contributed by atoms with Crippen molar-refractivity contribution in [3.8, 4) is 0 Å². The van der Waals surface area contributed by atoms with E-state index in [0.29, 0.717) is 22.3 Å². The Balaban J connectivity index is 1.37. The van der Waals surface area contributed by atoms with Crippen LogP contribution in [0.25, 0.3) is 11.0 Å². The molecule has 0 spiro atoms. The van der Waals surface area contributed by atoms with Crippen molar-refractivity contribution in [3.63, 3.8) is 0 Å². The van der Waals surface area contributed by atoms with Crippen molar-refractivity contribution in [1.29, 1.82) is 0 Å². The summed E-state index contributed by atoms with van der Waals surface area (Å²) in [5, 5.41) is 5.57. The van der Waals surface area contributed by atoms with Crippen LogP contribution in [0.1, 0.15) is 39.2 Å². The van der Waals surface area contributed by atoms with Gasteiger partial charge in [0.15, 0.2) is 6.61 Å². The van der Waals surface area contributed by atoms with Crippen molar-refractivity contribution in [1.82, 2.24) is 15.3 Å². The number of benzene rings is 3. The average molecular weight is 454 g/mol. The van der Waals surface area contributed by atoms with Crippen molar-refractivity contribution in [2.24, 2.45) is 0 Å². The molecule has 170 valence electrons. The highest BCUT2D eigenvalue weighted by molar-refractivity contribution is 6.04. The van der Waals surface area contributed by atoms with Crippen LogP contribution in [0, 0.1) is 0 Å². The minimum absolute atomic E-state index is 0.218. The first-order valence-corrected chi connectivity index (χ1v) is 10.6. The molecule has 1 unspecified atom stereocenters. The van der Waals surface area contributed by atoms with Gasteiger partial charge >= 0.3 is 5.97 Å². The van der Waals surface area contributed by atoms with Crippen molar-refractivity contribution < 1.29 is 19.1 Å². The highest BCUT2D eigenvalue weighted by atomic mass is 16.5. The molecule has 1 aromatic heterocycles. The lowest BCUT2D eigenvalue weighted by atomic mass is 10.1. The number of carbonyl (C=O) groups excluding carboxylic acids is 3. The van der Waals surface area contributed by atoms with Gasteiger partial charge < -0.3 is 15.4 Å². The van der Waals surface area contributed by atoms with Gasteiger partial charge in [-0.1, -0.05) is 42.5 Å². The molecule has 1 heterocycles. The first kappa shape index (κ1) is 22.6. The molecule has 0 aliphatic carbocycles. The van der Waals surface area contributed by atoms with Gasteiger partial charge in [-0.2, -0.15) is 0 Å². The van der Waals surface area contributed by atoms with Crippen LogP contribution >= 0.6 is 0 Å². The zero-order valence-corrected chi connectivity index (χ0v) is 18.4. The molecule has 34 heavy (non-hydrogen) atoms. The molecule has 0 saturated carbocycles. The van der Waals surface area contributed by atoms with Crippen LogP contribution in [0.15, 0.2) is 85.2 Å². The number of amides is 2. The molecule has 0 bridgehead atoms. The summed E-state index contributed by atoms with van der Waals surface area (Å²) in [6.07, 6.45) is 3.09. The molecule has 0 radical (unpaired) electrons. The highest BCUT2D eigenvalue weighted by Gasteiger charge is 2.17. The molecule has 0 fully saturated rings. The van der Waals surface area contributed by atoms with Gasteiger partial charge in [0.1, 0.15) is 0 Å². The summed E-state index contributed by atoms with van der Waals surface area (Å²) in [6.45, 7) is 1.37. The van der Waals surface area contributed by atoms with Crippen LogP contribution < -0.4 is 10.6 Å². The fraction of sp³-hybridized carbons (Fsp3) is 0.115. The molecular weight excluding hydrogens is 432 g/mol. The van der Waals surface area contributed by atoms with Crippen LogP contribution in [0.4, 0.5) is 5.69 Å². The SMILES string of the molecule is CC(NC(=O)c1ccccc1NC(=O)COC(=O)c1ccc2nccnc2c1)c1ccccc1. The summed E-state index contributed by atoms with van der Waals surface area (Å²) in [7, 11) is 0. The Morgan fingerprint density at radius 2 is 1.59 bits per heavy atom. The van der Waals surface area contributed by atoms with E-state index in [9.17, 15) is 14.4 Å². The highest BCUT2D eigenvalue weighted by Crippen LogP contribution is 2.18. The summed E-state index contributed by atoms with van der Waals surface area (Å²) in [6, 6.07) is 20.8. The number of esters is 1. The van der Waals surface area contributed by atoms with Gasteiger partial charge in [0.05, 0.1) is 33.9 Å². The predicted molar refractivity (Wildman–Crippen MR) is 127 cm³/mol. The van der Waals surface area contributed by atoms with E-state index < -0.39 is 18.5 Å². The number of ether oxygens (including phenoxy) is 1. The molecule has 8 heteroatoms.